The Hall–Kier alpha value is -1.13. The van der Waals surface area contributed by atoms with E-state index in [1.807, 2.05) is 25.3 Å². The van der Waals surface area contributed by atoms with Crippen LogP contribution in [0.4, 0.5) is 4.39 Å². The normalized spacial score (nSPS) is 14.8. The number of fused-ring (bicyclic) bond motifs is 1. The minimum atomic E-state index is -0.288. The van der Waals surface area contributed by atoms with Gasteiger partial charge in [0.15, 0.2) is 0 Å². The molecule has 0 saturated carbocycles. The van der Waals surface area contributed by atoms with E-state index in [0.717, 1.165) is 11.3 Å². The van der Waals surface area contributed by atoms with E-state index >= 15 is 0 Å². The molecular formula is C14H18ClFN2O. The van der Waals surface area contributed by atoms with Gasteiger partial charge in [0.25, 0.3) is 0 Å². The Morgan fingerprint density at radius 2 is 2.16 bits per heavy atom. The quantitative estimate of drug-likeness (QED) is 0.779. The summed E-state index contributed by atoms with van der Waals surface area (Å²) >= 11 is 6.16. The summed E-state index contributed by atoms with van der Waals surface area (Å²) in [5, 5.41) is -0.232. The number of nitrogens with zero attached hydrogens (tertiary/aromatic N) is 2. The van der Waals surface area contributed by atoms with Crippen LogP contribution in [0.2, 0.25) is 0 Å². The van der Waals surface area contributed by atoms with Crippen LogP contribution in [-0.4, -0.2) is 22.3 Å². The van der Waals surface area contributed by atoms with E-state index in [-0.39, 0.29) is 17.3 Å². The van der Waals surface area contributed by atoms with Crippen molar-refractivity contribution in [1.82, 2.24) is 9.55 Å². The van der Waals surface area contributed by atoms with Crippen molar-refractivity contribution in [3.63, 3.8) is 0 Å². The molecule has 0 aliphatic rings. The highest BCUT2D eigenvalue weighted by atomic mass is 35.5. The first-order chi connectivity index (χ1) is 9.02. The zero-order valence-corrected chi connectivity index (χ0v) is 12.1. The highest BCUT2D eigenvalue weighted by Gasteiger charge is 2.17. The van der Waals surface area contributed by atoms with Gasteiger partial charge in [0.05, 0.1) is 29.1 Å². The van der Waals surface area contributed by atoms with Crippen LogP contribution < -0.4 is 0 Å². The summed E-state index contributed by atoms with van der Waals surface area (Å²) in [4.78, 5) is 4.42. The van der Waals surface area contributed by atoms with Gasteiger partial charge in [0, 0.05) is 12.7 Å². The molecule has 0 N–H and O–H groups in total. The Morgan fingerprint density at radius 3 is 2.79 bits per heavy atom. The Labute approximate surface area is 117 Å². The second-order valence-electron chi connectivity index (χ2n) is 4.60. The first kappa shape index (κ1) is 14.3. The van der Waals surface area contributed by atoms with Gasteiger partial charge >= 0.3 is 0 Å². The van der Waals surface area contributed by atoms with Crippen molar-refractivity contribution in [3.05, 3.63) is 29.8 Å². The van der Waals surface area contributed by atoms with Crippen LogP contribution in [0.3, 0.4) is 0 Å². The van der Waals surface area contributed by atoms with Crippen molar-refractivity contribution in [2.45, 2.75) is 38.8 Å². The average molecular weight is 285 g/mol. The number of halogens is 2. The van der Waals surface area contributed by atoms with Gasteiger partial charge in [0.1, 0.15) is 11.6 Å². The summed E-state index contributed by atoms with van der Waals surface area (Å²) in [6, 6.07) is 4.60. The monoisotopic (exact) mass is 284 g/mol. The van der Waals surface area contributed by atoms with Crippen LogP contribution in [0.15, 0.2) is 18.2 Å². The van der Waals surface area contributed by atoms with Crippen LogP contribution in [-0.2, 0) is 11.3 Å². The molecular weight excluding hydrogens is 267 g/mol. The molecule has 2 rings (SSSR count). The third kappa shape index (κ3) is 3.07. The molecule has 0 bridgehead atoms. The summed E-state index contributed by atoms with van der Waals surface area (Å²) in [7, 11) is 0. The van der Waals surface area contributed by atoms with E-state index < -0.39 is 0 Å². The highest BCUT2D eigenvalue weighted by molar-refractivity contribution is 6.20. The molecule has 104 valence electrons. The van der Waals surface area contributed by atoms with Crippen LogP contribution in [0.25, 0.3) is 11.0 Å². The van der Waals surface area contributed by atoms with Gasteiger partial charge in [-0.05, 0) is 32.9 Å². The van der Waals surface area contributed by atoms with E-state index in [2.05, 4.69) is 4.98 Å². The zero-order valence-electron chi connectivity index (χ0n) is 11.4. The predicted molar refractivity (Wildman–Crippen MR) is 75.0 cm³/mol. The van der Waals surface area contributed by atoms with Gasteiger partial charge in [-0.25, -0.2) is 9.37 Å². The molecule has 1 aromatic heterocycles. The summed E-state index contributed by atoms with van der Waals surface area (Å²) in [6.07, 6.45) is 0.0571. The molecule has 2 atom stereocenters. The number of hydrogen-bond donors (Lipinski definition) is 0. The maximum atomic E-state index is 13.3. The lowest BCUT2D eigenvalue weighted by molar-refractivity contribution is 0.0642. The van der Waals surface area contributed by atoms with Crippen molar-refractivity contribution >= 4 is 22.6 Å². The molecule has 0 aliphatic heterocycles. The standard InChI is InChI=1S/C14H18ClFN2O/c1-4-19-9(2)8-18-13-6-5-11(16)7-12(13)17-14(18)10(3)15/h5-7,9-10H,4,8H2,1-3H3. The SMILES string of the molecule is CCOC(C)Cn1c(C(C)Cl)nc2cc(F)ccc21. The fourth-order valence-corrected chi connectivity index (χ4v) is 2.38. The van der Waals surface area contributed by atoms with E-state index in [9.17, 15) is 4.39 Å². The Kier molecular flexibility index (Phi) is 4.42. The Morgan fingerprint density at radius 1 is 1.42 bits per heavy atom. The molecule has 1 heterocycles. The van der Waals surface area contributed by atoms with Crippen molar-refractivity contribution in [2.75, 3.05) is 6.61 Å². The number of alkyl halides is 1. The minimum Gasteiger partial charge on any atom is -0.377 e. The fraction of sp³-hybridized carbons (Fsp3) is 0.500. The molecule has 0 saturated heterocycles. The predicted octanol–water partition coefficient (Wildman–Crippen LogP) is 3.90. The minimum absolute atomic E-state index is 0.0571. The molecule has 3 nitrogen and oxygen atoms in total. The smallest absolute Gasteiger partial charge is 0.127 e. The van der Waals surface area contributed by atoms with Gasteiger partial charge < -0.3 is 9.30 Å². The van der Waals surface area contributed by atoms with Gasteiger partial charge in [0.2, 0.25) is 0 Å². The van der Waals surface area contributed by atoms with Gasteiger partial charge in [-0.3, -0.25) is 0 Å². The number of ether oxygens (including phenoxy) is 1. The summed E-state index contributed by atoms with van der Waals surface area (Å²) < 4.78 is 20.8. The molecule has 0 amide bonds. The maximum Gasteiger partial charge on any atom is 0.127 e. The van der Waals surface area contributed by atoms with Crippen molar-refractivity contribution in [3.8, 4) is 0 Å². The molecule has 0 spiro atoms. The van der Waals surface area contributed by atoms with Crippen molar-refractivity contribution < 1.29 is 9.13 Å². The van der Waals surface area contributed by atoms with E-state index in [1.54, 1.807) is 6.07 Å². The van der Waals surface area contributed by atoms with Crippen LogP contribution >= 0.6 is 11.6 Å². The molecule has 5 heteroatoms. The molecule has 19 heavy (non-hydrogen) atoms. The second-order valence-corrected chi connectivity index (χ2v) is 5.25. The molecule has 0 fully saturated rings. The van der Waals surface area contributed by atoms with E-state index in [4.69, 9.17) is 16.3 Å². The van der Waals surface area contributed by atoms with Crippen LogP contribution in [0.5, 0.6) is 0 Å². The van der Waals surface area contributed by atoms with Gasteiger partial charge in [-0.1, -0.05) is 0 Å². The number of benzene rings is 1. The third-order valence-electron chi connectivity index (χ3n) is 2.99. The lowest BCUT2D eigenvalue weighted by Gasteiger charge is -2.16. The number of aromatic nitrogens is 2. The van der Waals surface area contributed by atoms with Gasteiger partial charge in [-0.2, -0.15) is 0 Å². The maximum absolute atomic E-state index is 13.3. The number of hydrogen-bond acceptors (Lipinski definition) is 2. The zero-order chi connectivity index (χ0) is 14.0. The Bertz CT molecular complexity index is 568. The summed E-state index contributed by atoms with van der Waals surface area (Å²) in [5.41, 5.74) is 1.52. The topological polar surface area (TPSA) is 27.1 Å². The summed E-state index contributed by atoms with van der Waals surface area (Å²) in [6.45, 7) is 7.14. The van der Waals surface area contributed by atoms with Crippen molar-refractivity contribution in [2.24, 2.45) is 0 Å². The highest BCUT2D eigenvalue weighted by Crippen LogP contribution is 2.25. The molecule has 1 aromatic carbocycles. The number of rotatable bonds is 5. The lowest BCUT2D eigenvalue weighted by Crippen LogP contribution is -2.18. The van der Waals surface area contributed by atoms with Crippen LogP contribution in [0, 0.1) is 5.82 Å². The third-order valence-corrected chi connectivity index (χ3v) is 3.18. The Balaban J connectivity index is 2.46. The average Bonchev–Trinajstić information content (AvgIpc) is 2.67. The number of imidazole rings is 1. The second kappa shape index (κ2) is 5.88. The van der Waals surface area contributed by atoms with E-state index in [1.165, 1.54) is 12.1 Å². The molecule has 2 unspecified atom stereocenters. The molecule has 0 aliphatic carbocycles. The molecule has 2 aromatic rings. The van der Waals surface area contributed by atoms with Gasteiger partial charge in [-0.15, -0.1) is 11.6 Å². The molecule has 0 radical (unpaired) electrons. The largest absolute Gasteiger partial charge is 0.377 e. The fourth-order valence-electron chi connectivity index (χ4n) is 2.21. The van der Waals surface area contributed by atoms with Crippen molar-refractivity contribution in [1.29, 1.82) is 0 Å². The van der Waals surface area contributed by atoms with E-state index in [0.29, 0.717) is 18.7 Å². The first-order valence-electron chi connectivity index (χ1n) is 6.44. The van der Waals surface area contributed by atoms with Crippen LogP contribution in [0.1, 0.15) is 32.0 Å². The lowest BCUT2D eigenvalue weighted by atomic mass is 10.3. The first-order valence-corrected chi connectivity index (χ1v) is 6.88. The summed E-state index contributed by atoms with van der Waals surface area (Å²) in [5.74, 6) is 0.456.